The lowest BCUT2D eigenvalue weighted by molar-refractivity contribution is -0.122. The van der Waals surface area contributed by atoms with Gasteiger partial charge >= 0.3 is 0 Å². The van der Waals surface area contributed by atoms with E-state index in [0.29, 0.717) is 20.7 Å². The number of anilines is 1. The molecule has 3 aromatic rings. The van der Waals surface area contributed by atoms with E-state index in [9.17, 15) is 14.0 Å². The molecule has 2 heterocycles. The molecule has 0 atom stereocenters. The van der Waals surface area contributed by atoms with Crippen molar-refractivity contribution in [3.8, 4) is 5.75 Å². The lowest BCUT2D eigenvalue weighted by Gasteiger charge is -2.12. The molecule has 0 unspecified atom stereocenters. The van der Waals surface area contributed by atoms with Gasteiger partial charge in [-0.05, 0) is 48.0 Å². The van der Waals surface area contributed by atoms with Gasteiger partial charge in [0.15, 0.2) is 6.61 Å². The number of benzene rings is 2. The molecule has 1 aliphatic rings. The fourth-order valence-electron chi connectivity index (χ4n) is 2.90. The third kappa shape index (κ3) is 5.24. The SMILES string of the molecule is O=C(COc1ccc(/C=C2\SC(=S)N(Cc3ccco3)C2=O)cc1)Nc1ccccc1F. The summed E-state index contributed by atoms with van der Waals surface area (Å²) in [7, 11) is 0. The van der Waals surface area contributed by atoms with Crippen LogP contribution in [0, 0.1) is 5.82 Å². The summed E-state index contributed by atoms with van der Waals surface area (Å²) in [6, 6.07) is 16.4. The number of thiocarbonyl (C=S) groups is 1. The summed E-state index contributed by atoms with van der Waals surface area (Å²) >= 11 is 6.55. The molecule has 0 saturated carbocycles. The third-order valence-corrected chi connectivity index (χ3v) is 5.84. The highest BCUT2D eigenvalue weighted by Gasteiger charge is 2.32. The summed E-state index contributed by atoms with van der Waals surface area (Å²) in [6.45, 7) is 0.0237. The molecule has 2 amide bonds. The Balaban J connectivity index is 1.34. The van der Waals surface area contributed by atoms with Crippen LogP contribution in [-0.4, -0.2) is 27.6 Å². The van der Waals surface area contributed by atoms with Crippen LogP contribution in [-0.2, 0) is 16.1 Å². The normalized spacial score (nSPS) is 14.8. The predicted octanol–water partition coefficient (Wildman–Crippen LogP) is 4.84. The molecule has 6 nitrogen and oxygen atoms in total. The quantitative estimate of drug-likeness (QED) is 0.395. The molecule has 1 aliphatic heterocycles. The van der Waals surface area contributed by atoms with Crippen molar-refractivity contribution in [3.63, 3.8) is 0 Å². The summed E-state index contributed by atoms with van der Waals surface area (Å²) < 4.78 is 24.8. The van der Waals surface area contributed by atoms with E-state index < -0.39 is 11.7 Å². The van der Waals surface area contributed by atoms with E-state index >= 15 is 0 Å². The van der Waals surface area contributed by atoms with Gasteiger partial charge in [0, 0.05) is 0 Å². The zero-order valence-electron chi connectivity index (χ0n) is 16.6. The van der Waals surface area contributed by atoms with Crippen LogP contribution in [0.25, 0.3) is 6.08 Å². The highest BCUT2D eigenvalue weighted by Crippen LogP contribution is 2.33. The number of rotatable bonds is 7. The number of ether oxygens (including phenoxy) is 1. The van der Waals surface area contributed by atoms with Gasteiger partial charge in [-0.1, -0.05) is 48.2 Å². The van der Waals surface area contributed by atoms with Crippen LogP contribution in [0.15, 0.2) is 76.2 Å². The molecule has 9 heteroatoms. The molecule has 4 rings (SSSR count). The molecule has 2 aromatic carbocycles. The first kappa shape index (κ1) is 21.8. The second-order valence-electron chi connectivity index (χ2n) is 6.73. The summed E-state index contributed by atoms with van der Waals surface area (Å²) in [5.74, 6) is -0.0416. The van der Waals surface area contributed by atoms with Gasteiger partial charge in [-0.2, -0.15) is 0 Å². The number of nitrogens with zero attached hydrogens (tertiary/aromatic N) is 1. The van der Waals surface area contributed by atoms with Gasteiger partial charge in [-0.25, -0.2) is 4.39 Å². The van der Waals surface area contributed by atoms with Gasteiger partial charge in [0.1, 0.15) is 21.6 Å². The molecule has 32 heavy (non-hydrogen) atoms. The van der Waals surface area contributed by atoms with E-state index in [4.69, 9.17) is 21.4 Å². The molecule has 0 spiro atoms. The fraction of sp³-hybridized carbons (Fsp3) is 0.0870. The fourth-order valence-corrected chi connectivity index (χ4v) is 4.16. The van der Waals surface area contributed by atoms with Crippen molar-refractivity contribution in [1.29, 1.82) is 0 Å². The largest absolute Gasteiger partial charge is 0.484 e. The van der Waals surface area contributed by atoms with Gasteiger partial charge in [0.05, 0.1) is 23.4 Å². The summed E-state index contributed by atoms with van der Waals surface area (Å²) in [5.41, 5.74) is 0.882. The van der Waals surface area contributed by atoms with Gasteiger partial charge < -0.3 is 14.5 Å². The number of carbonyl (C=O) groups is 2. The monoisotopic (exact) mass is 468 g/mol. The Hall–Kier alpha value is -3.43. The Morgan fingerprint density at radius 2 is 1.94 bits per heavy atom. The van der Waals surface area contributed by atoms with Crippen molar-refractivity contribution < 1.29 is 23.1 Å². The van der Waals surface area contributed by atoms with Crippen LogP contribution in [0.4, 0.5) is 10.1 Å². The molecule has 1 aromatic heterocycles. The third-order valence-electron chi connectivity index (χ3n) is 4.46. The van der Waals surface area contributed by atoms with Crippen molar-refractivity contribution in [3.05, 3.63) is 89.0 Å². The minimum absolute atomic E-state index is 0.0980. The zero-order chi connectivity index (χ0) is 22.5. The number of carbonyl (C=O) groups excluding carboxylic acids is 2. The van der Waals surface area contributed by atoms with Gasteiger partial charge in [-0.15, -0.1) is 0 Å². The number of hydrogen-bond donors (Lipinski definition) is 1. The van der Waals surface area contributed by atoms with Crippen LogP contribution in [0.1, 0.15) is 11.3 Å². The standard InChI is InChI=1S/C23H17FN2O4S2/c24-18-5-1-2-6-19(18)25-21(27)14-30-16-9-7-15(8-10-16)12-20-22(28)26(23(31)32-20)13-17-4-3-11-29-17/h1-12H,13-14H2,(H,25,27)/b20-12-. The van der Waals surface area contributed by atoms with Gasteiger partial charge in [-0.3, -0.25) is 14.5 Å². The van der Waals surface area contributed by atoms with Crippen LogP contribution < -0.4 is 10.1 Å². The van der Waals surface area contributed by atoms with Crippen LogP contribution in [0.3, 0.4) is 0 Å². The number of halogens is 1. The first-order valence-corrected chi connectivity index (χ1v) is 10.8. The summed E-state index contributed by atoms with van der Waals surface area (Å²) in [6.07, 6.45) is 3.30. The van der Waals surface area contributed by atoms with Gasteiger partial charge in [0.2, 0.25) is 0 Å². The first-order chi connectivity index (χ1) is 15.5. The van der Waals surface area contributed by atoms with E-state index in [1.54, 1.807) is 60.9 Å². The number of para-hydroxylation sites is 1. The van der Waals surface area contributed by atoms with E-state index in [-0.39, 0.29) is 24.7 Å². The molecule has 0 aliphatic carbocycles. The van der Waals surface area contributed by atoms with Crippen molar-refractivity contribution in [2.24, 2.45) is 0 Å². The Kier molecular flexibility index (Phi) is 6.67. The predicted molar refractivity (Wildman–Crippen MR) is 124 cm³/mol. The van der Waals surface area contributed by atoms with E-state index in [2.05, 4.69) is 5.32 Å². The smallest absolute Gasteiger partial charge is 0.266 e. The lowest BCUT2D eigenvalue weighted by Crippen LogP contribution is -2.27. The average molecular weight is 469 g/mol. The molecule has 0 radical (unpaired) electrons. The Morgan fingerprint density at radius 1 is 1.16 bits per heavy atom. The highest BCUT2D eigenvalue weighted by atomic mass is 32.2. The molecular weight excluding hydrogens is 451 g/mol. The Morgan fingerprint density at radius 3 is 2.66 bits per heavy atom. The number of hydrogen-bond acceptors (Lipinski definition) is 6. The van der Waals surface area contributed by atoms with Crippen molar-refractivity contribution in [2.45, 2.75) is 6.54 Å². The summed E-state index contributed by atoms with van der Waals surface area (Å²) in [4.78, 5) is 26.7. The lowest BCUT2D eigenvalue weighted by atomic mass is 10.2. The number of nitrogens with one attached hydrogen (secondary N) is 1. The maximum atomic E-state index is 13.6. The van der Waals surface area contributed by atoms with Crippen molar-refractivity contribution in [2.75, 3.05) is 11.9 Å². The average Bonchev–Trinajstić information content (AvgIpc) is 3.39. The van der Waals surface area contributed by atoms with E-state index in [1.807, 2.05) is 0 Å². The van der Waals surface area contributed by atoms with Crippen LogP contribution in [0.2, 0.25) is 0 Å². The minimum atomic E-state index is -0.514. The maximum absolute atomic E-state index is 13.6. The summed E-state index contributed by atoms with van der Waals surface area (Å²) in [5, 5.41) is 2.46. The maximum Gasteiger partial charge on any atom is 0.266 e. The second kappa shape index (κ2) is 9.80. The molecule has 1 saturated heterocycles. The van der Waals surface area contributed by atoms with Crippen molar-refractivity contribution >= 4 is 51.9 Å². The van der Waals surface area contributed by atoms with E-state index in [0.717, 1.165) is 5.56 Å². The molecule has 1 fully saturated rings. The molecule has 1 N–H and O–H groups in total. The first-order valence-electron chi connectivity index (χ1n) is 9.54. The minimum Gasteiger partial charge on any atom is -0.484 e. The topological polar surface area (TPSA) is 71.8 Å². The second-order valence-corrected chi connectivity index (χ2v) is 8.41. The molecular formula is C23H17FN2O4S2. The molecule has 0 bridgehead atoms. The van der Waals surface area contributed by atoms with Gasteiger partial charge in [0.25, 0.3) is 11.8 Å². The Labute approximate surface area is 193 Å². The van der Waals surface area contributed by atoms with E-state index in [1.165, 1.54) is 28.8 Å². The molecule has 162 valence electrons. The van der Waals surface area contributed by atoms with Crippen molar-refractivity contribution in [1.82, 2.24) is 4.90 Å². The number of thioether (sulfide) groups is 1. The Bertz CT molecular complexity index is 1180. The number of furan rings is 1. The van der Waals surface area contributed by atoms with Crippen LogP contribution in [0.5, 0.6) is 5.75 Å². The highest BCUT2D eigenvalue weighted by molar-refractivity contribution is 8.26. The zero-order valence-corrected chi connectivity index (χ0v) is 18.3. The van der Waals surface area contributed by atoms with Crippen LogP contribution >= 0.6 is 24.0 Å². The number of amides is 2.